The van der Waals surface area contributed by atoms with E-state index in [9.17, 15) is 9.36 Å². The Morgan fingerprint density at radius 3 is 2.68 bits per heavy atom. The van der Waals surface area contributed by atoms with Crippen LogP contribution in [0.4, 0.5) is 5.95 Å². The average molecular weight is 327 g/mol. The largest absolute Gasteiger partial charge is 0.369 e. The summed E-state index contributed by atoms with van der Waals surface area (Å²) in [5, 5.41) is 0. The highest BCUT2D eigenvalue weighted by atomic mass is 31.2. The lowest BCUT2D eigenvalue weighted by molar-refractivity contribution is 0.148. The second kappa shape index (κ2) is 6.75. The van der Waals surface area contributed by atoms with Gasteiger partial charge >= 0.3 is 13.3 Å². The van der Waals surface area contributed by atoms with Crippen molar-refractivity contribution in [2.24, 2.45) is 0 Å². The molecule has 0 fully saturated rings. The molecule has 0 amide bonds. The van der Waals surface area contributed by atoms with Gasteiger partial charge in [-0.2, -0.15) is 9.97 Å². The van der Waals surface area contributed by atoms with Gasteiger partial charge in [-0.25, -0.2) is 4.79 Å². The first-order chi connectivity index (χ1) is 10.4. The first kappa shape index (κ1) is 16.2. The average Bonchev–Trinajstić information content (AvgIpc) is 2.45. The van der Waals surface area contributed by atoms with E-state index in [1.807, 2.05) is 0 Å². The highest BCUT2D eigenvalue weighted by Crippen LogP contribution is 2.33. The summed E-state index contributed by atoms with van der Waals surface area (Å²) in [6.07, 6.45) is 0.810. The zero-order valence-electron chi connectivity index (χ0n) is 11.4. The van der Waals surface area contributed by atoms with Gasteiger partial charge in [0.15, 0.2) is 5.82 Å². The molecule has 2 aromatic rings. The molecule has 4 N–H and O–H groups in total. The third-order valence-electron chi connectivity index (χ3n) is 2.54. The molecule has 0 bridgehead atoms. The zero-order valence-corrected chi connectivity index (χ0v) is 12.3. The van der Waals surface area contributed by atoms with Crippen LogP contribution in [0.25, 0.3) is 11.5 Å². The topological polar surface area (TPSA) is 153 Å². The van der Waals surface area contributed by atoms with Crippen molar-refractivity contribution in [1.29, 1.82) is 0 Å². The van der Waals surface area contributed by atoms with E-state index in [1.165, 1.54) is 6.20 Å². The maximum atomic E-state index is 11.9. The number of anilines is 1. The Balaban J connectivity index is 2.11. The van der Waals surface area contributed by atoms with Crippen molar-refractivity contribution in [1.82, 2.24) is 19.5 Å². The van der Waals surface area contributed by atoms with Crippen LogP contribution < -0.4 is 11.4 Å². The molecule has 0 radical (unpaired) electrons. The van der Waals surface area contributed by atoms with Gasteiger partial charge in [0.2, 0.25) is 5.95 Å². The van der Waals surface area contributed by atoms with Crippen LogP contribution in [-0.4, -0.2) is 42.3 Å². The molecule has 10 nitrogen and oxygen atoms in total. The fraction of sp³-hybridized carbons (Fsp3) is 0.273. The van der Waals surface area contributed by atoms with E-state index in [1.54, 1.807) is 18.2 Å². The molecule has 0 spiro atoms. The minimum Gasteiger partial charge on any atom is -0.369 e. The molecule has 2 heterocycles. The molecule has 0 aliphatic carbocycles. The van der Waals surface area contributed by atoms with Crippen molar-refractivity contribution in [2.75, 3.05) is 18.7 Å². The summed E-state index contributed by atoms with van der Waals surface area (Å²) in [5.41, 5.74) is 5.47. The first-order valence-corrected chi connectivity index (χ1v) is 7.94. The third kappa shape index (κ3) is 4.43. The molecule has 2 aromatic heterocycles. The summed E-state index contributed by atoms with van der Waals surface area (Å²) in [6.45, 7) is -0.130. The van der Waals surface area contributed by atoms with Gasteiger partial charge in [-0.1, -0.05) is 6.07 Å². The van der Waals surface area contributed by atoms with E-state index < -0.39 is 19.6 Å². The Kier molecular flexibility index (Phi) is 4.99. The van der Waals surface area contributed by atoms with Gasteiger partial charge in [0.25, 0.3) is 0 Å². The van der Waals surface area contributed by atoms with Gasteiger partial charge in [0.1, 0.15) is 12.0 Å². The molecule has 11 heteroatoms. The highest BCUT2D eigenvalue weighted by molar-refractivity contribution is 7.51. The van der Waals surface area contributed by atoms with Crippen molar-refractivity contribution in [3.8, 4) is 11.5 Å². The second-order valence-electron chi connectivity index (χ2n) is 4.26. The fourth-order valence-electron chi connectivity index (χ4n) is 1.60. The lowest BCUT2D eigenvalue weighted by atomic mass is 10.3. The molecule has 0 saturated heterocycles. The van der Waals surface area contributed by atoms with Crippen molar-refractivity contribution in [2.45, 2.75) is 6.54 Å². The predicted molar refractivity (Wildman–Crippen MR) is 76.8 cm³/mol. The van der Waals surface area contributed by atoms with Crippen LogP contribution in [0.15, 0.2) is 29.2 Å². The molecule has 0 aromatic carbocycles. The van der Waals surface area contributed by atoms with E-state index in [0.717, 1.165) is 4.57 Å². The van der Waals surface area contributed by atoms with Crippen LogP contribution in [0, 0.1) is 0 Å². The van der Waals surface area contributed by atoms with Gasteiger partial charge < -0.3 is 20.3 Å². The van der Waals surface area contributed by atoms with Crippen molar-refractivity contribution >= 4 is 13.5 Å². The van der Waals surface area contributed by atoms with E-state index in [-0.39, 0.29) is 24.9 Å². The Hall–Kier alpha value is -2.13. The van der Waals surface area contributed by atoms with Crippen LogP contribution in [0.5, 0.6) is 0 Å². The quantitative estimate of drug-likeness (QED) is 0.467. The van der Waals surface area contributed by atoms with Crippen LogP contribution in [0.1, 0.15) is 0 Å². The van der Waals surface area contributed by atoms with Crippen LogP contribution in [0.2, 0.25) is 0 Å². The Morgan fingerprint density at radius 2 is 2.09 bits per heavy atom. The molecule has 0 saturated carbocycles. The number of rotatable bonds is 6. The maximum absolute atomic E-state index is 11.9. The van der Waals surface area contributed by atoms with E-state index in [4.69, 9.17) is 20.3 Å². The molecule has 0 aliphatic heterocycles. The second-order valence-corrected chi connectivity index (χ2v) is 5.84. The van der Waals surface area contributed by atoms with Crippen molar-refractivity contribution < 1.29 is 19.1 Å². The maximum Gasteiger partial charge on any atom is 0.352 e. The molecule has 2 rings (SSSR count). The van der Waals surface area contributed by atoms with Crippen LogP contribution in [0.3, 0.4) is 0 Å². The lowest BCUT2D eigenvalue weighted by Gasteiger charge is -2.10. The van der Waals surface area contributed by atoms with Gasteiger partial charge in [-0.3, -0.25) is 14.1 Å². The van der Waals surface area contributed by atoms with Crippen LogP contribution >= 0.6 is 7.60 Å². The predicted octanol–water partition coefficient (Wildman–Crippen LogP) is -0.566. The number of nitrogen functional groups attached to an aromatic ring is 1. The summed E-state index contributed by atoms with van der Waals surface area (Å²) in [7, 11) is -4.24. The summed E-state index contributed by atoms with van der Waals surface area (Å²) >= 11 is 0. The number of aromatic nitrogens is 4. The summed E-state index contributed by atoms with van der Waals surface area (Å²) in [4.78, 5) is 41.0. The van der Waals surface area contributed by atoms with E-state index >= 15 is 0 Å². The molecule has 118 valence electrons. The van der Waals surface area contributed by atoms with Gasteiger partial charge in [-0.05, 0) is 12.1 Å². The summed E-state index contributed by atoms with van der Waals surface area (Å²) in [6, 6.07) is 5.08. The Labute approximate surface area is 124 Å². The minimum atomic E-state index is -4.24. The third-order valence-corrected chi connectivity index (χ3v) is 3.06. The van der Waals surface area contributed by atoms with Crippen LogP contribution in [-0.2, 0) is 15.8 Å². The standard InChI is InChI=1S/C11H14N5O5P/c12-10-14-9(8-3-1-2-4-13-8)15-11(17)16(10)5-6-21-7-22(18,19)20/h1-4H,5-7H2,(H2,18,19,20)(H2,12,14,15,17). The van der Waals surface area contributed by atoms with Crippen molar-refractivity contribution in [3.63, 3.8) is 0 Å². The highest BCUT2D eigenvalue weighted by Gasteiger charge is 2.13. The molecule has 22 heavy (non-hydrogen) atoms. The molecule has 0 unspecified atom stereocenters. The SMILES string of the molecule is Nc1nc(-c2ccccn2)nc(=O)n1CCOCP(=O)(O)O. The number of nitrogens with two attached hydrogens (primary N) is 1. The molecule has 0 atom stereocenters. The minimum absolute atomic E-state index is 0.0207. The first-order valence-electron chi connectivity index (χ1n) is 6.15. The summed E-state index contributed by atoms with van der Waals surface area (Å²) in [5.74, 6) is 0.0240. The number of hydrogen-bond acceptors (Lipinski definition) is 7. The fourth-order valence-corrected chi connectivity index (χ4v) is 1.97. The van der Waals surface area contributed by atoms with Gasteiger partial charge in [0.05, 0.1) is 13.2 Å². The molecule has 0 aliphatic rings. The number of ether oxygens (including phenoxy) is 1. The molecular formula is C11H14N5O5P. The van der Waals surface area contributed by atoms with E-state index in [0.29, 0.717) is 5.69 Å². The number of hydrogen-bond donors (Lipinski definition) is 3. The zero-order chi connectivity index (χ0) is 16.2. The van der Waals surface area contributed by atoms with Crippen molar-refractivity contribution in [3.05, 3.63) is 34.9 Å². The smallest absolute Gasteiger partial charge is 0.352 e. The molecular weight excluding hydrogens is 313 g/mol. The monoisotopic (exact) mass is 327 g/mol. The number of pyridine rings is 1. The van der Waals surface area contributed by atoms with Gasteiger partial charge in [0, 0.05) is 6.20 Å². The number of nitrogens with zero attached hydrogens (tertiary/aromatic N) is 4. The lowest BCUT2D eigenvalue weighted by Crippen LogP contribution is -2.29. The Bertz CT molecular complexity index is 744. The Morgan fingerprint density at radius 1 is 1.32 bits per heavy atom. The van der Waals surface area contributed by atoms with E-state index in [2.05, 4.69) is 15.0 Å². The summed E-state index contributed by atoms with van der Waals surface area (Å²) < 4.78 is 16.5. The normalized spacial score (nSPS) is 11.5. The van der Waals surface area contributed by atoms with Gasteiger partial charge in [-0.15, -0.1) is 0 Å².